The Morgan fingerprint density at radius 1 is 0.296 bits per heavy atom. The first-order valence-electron chi connectivity index (χ1n) is 24.9. The first-order chi connectivity index (χ1) is 34.7. The van der Waals surface area contributed by atoms with Crippen molar-refractivity contribution in [1.82, 2.24) is 4.57 Å². The average Bonchev–Trinajstić information content (AvgIpc) is 3.75. The molecule has 338 valence electrons. The predicted octanol–water partition coefficient (Wildman–Crippen LogP) is 18.6. The number of hydrogen-bond acceptors (Lipinski definition) is 2. The van der Waals surface area contributed by atoms with Gasteiger partial charge in [-0.1, -0.05) is 179 Å². The van der Waals surface area contributed by atoms with Gasteiger partial charge in [-0.3, -0.25) is 0 Å². The van der Waals surface area contributed by atoms with Crippen molar-refractivity contribution in [3.05, 3.63) is 259 Å². The summed E-state index contributed by atoms with van der Waals surface area (Å²) >= 11 is 0. The Hall–Kier alpha value is -8.66. The van der Waals surface area contributed by atoms with E-state index in [0.29, 0.717) is 0 Å². The van der Waals surface area contributed by atoms with Crippen molar-refractivity contribution in [3.63, 3.8) is 0 Å². The molecule has 0 unspecified atom stereocenters. The largest absolute Gasteiger partial charge is 0.310 e. The van der Waals surface area contributed by atoms with Crippen LogP contribution in [-0.4, -0.2) is 4.57 Å². The molecule has 3 heteroatoms. The normalized spacial score (nSPS) is 13.9. The maximum absolute atomic E-state index is 2.64. The maximum atomic E-state index is 2.64. The average molecular weight is 910 g/mol. The SMILES string of the molecule is CC1(C)c2cccc3c2-n2c4c1cc(-c1ccc(N(c5ccccc5)c5cccc6ccccc56)cc1)cc4c1cc(-c4ccc(N(c5ccccc5)c5cccc6ccccc56)cc4)cc(c12)C3(C)C. The molecular formula is C68H51N3. The van der Waals surface area contributed by atoms with E-state index in [1.165, 1.54) is 93.5 Å². The molecule has 0 spiro atoms. The van der Waals surface area contributed by atoms with Gasteiger partial charge in [0.1, 0.15) is 0 Å². The molecule has 3 heterocycles. The van der Waals surface area contributed by atoms with Crippen LogP contribution in [0.1, 0.15) is 49.9 Å². The Balaban J connectivity index is 0.941. The summed E-state index contributed by atoms with van der Waals surface area (Å²) in [5.41, 5.74) is 20.7. The van der Waals surface area contributed by atoms with Crippen LogP contribution in [0.3, 0.4) is 0 Å². The Bertz CT molecular complexity index is 3810. The zero-order valence-electron chi connectivity index (χ0n) is 40.4. The molecule has 0 N–H and O–H groups in total. The van der Waals surface area contributed by atoms with E-state index >= 15 is 0 Å². The molecule has 0 amide bonds. The lowest BCUT2D eigenvalue weighted by Gasteiger charge is -2.42. The van der Waals surface area contributed by atoms with E-state index in [9.17, 15) is 0 Å². The predicted molar refractivity (Wildman–Crippen MR) is 300 cm³/mol. The summed E-state index contributed by atoms with van der Waals surface area (Å²) in [5.74, 6) is 0. The lowest BCUT2D eigenvalue weighted by molar-refractivity contribution is 0.594. The van der Waals surface area contributed by atoms with E-state index in [1.54, 1.807) is 0 Å². The van der Waals surface area contributed by atoms with Gasteiger partial charge in [-0.25, -0.2) is 0 Å². The fraction of sp³-hybridized carbons (Fsp3) is 0.0882. The highest BCUT2D eigenvalue weighted by molar-refractivity contribution is 6.16. The van der Waals surface area contributed by atoms with Crippen LogP contribution in [0.5, 0.6) is 0 Å². The summed E-state index contributed by atoms with van der Waals surface area (Å²) in [7, 11) is 0. The molecule has 0 atom stereocenters. The van der Waals surface area contributed by atoms with Gasteiger partial charge in [-0.2, -0.15) is 0 Å². The van der Waals surface area contributed by atoms with Crippen molar-refractivity contribution in [3.8, 4) is 27.9 Å². The third kappa shape index (κ3) is 6.15. The van der Waals surface area contributed by atoms with Crippen molar-refractivity contribution < 1.29 is 0 Å². The summed E-state index contributed by atoms with van der Waals surface area (Å²) in [5, 5.41) is 7.50. The van der Waals surface area contributed by atoms with Crippen LogP contribution in [-0.2, 0) is 10.8 Å². The van der Waals surface area contributed by atoms with Crippen LogP contribution in [0.4, 0.5) is 34.1 Å². The topological polar surface area (TPSA) is 11.4 Å². The molecular weight excluding hydrogens is 859 g/mol. The number of hydrogen-bond donors (Lipinski definition) is 0. The van der Waals surface area contributed by atoms with Gasteiger partial charge in [-0.05, 0) is 140 Å². The number of para-hydroxylation sites is 3. The van der Waals surface area contributed by atoms with E-state index in [0.717, 1.165) is 34.1 Å². The first-order valence-corrected chi connectivity index (χ1v) is 24.9. The first kappa shape index (κ1) is 41.3. The Morgan fingerprint density at radius 2 is 0.662 bits per heavy atom. The van der Waals surface area contributed by atoms with Gasteiger partial charge >= 0.3 is 0 Å². The number of fused-ring (bicyclic) bond motifs is 3. The van der Waals surface area contributed by atoms with Gasteiger partial charge in [0, 0.05) is 55.1 Å². The van der Waals surface area contributed by atoms with Gasteiger partial charge in [0.15, 0.2) is 0 Å². The van der Waals surface area contributed by atoms with E-state index in [2.05, 4.69) is 279 Å². The Kier molecular flexibility index (Phi) is 8.98. The van der Waals surface area contributed by atoms with E-state index < -0.39 is 0 Å². The summed E-state index contributed by atoms with van der Waals surface area (Å²) in [6, 6.07) is 87.5. The molecule has 0 aliphatic carbocycles. The smallest absolute Gasteiger partial charge is 0.0582 e. The Morgan fingerprint density at radius 3 is 1.10 bits per heavy atom. The number of nitrogens with zero attached hydrogens (tertiary/aromatic N) is 3. The van der Waals surface area contributed by atoms with Crippen LogP contribution >= 0.6 is 0 Å². The quantitative estimate of drug-likeness (QED) is 0.150. The number of benzene rings is 11. The molecule has 2 aliphatic rings. The van der Waals surface area contributed by atoms with E-state index in [4.69, 9.17) is 0 Å². The minimum absolute atomic E-state index is 0.233. The van der Waals surface area contributed by atoms with Gasteiger partial charge < -0.3 is 14.4 Å². The molecule has 0 radical (unpaired) electrons. The summed E-state index contributed by atoms with van der Waals surface area (Å²) < 4.78 is 2.64. The van der Waals surface area contributed by atoms with Crippen LogP contribution in [0.15, 0.2) is 237 Å². The second-order valence-electron chi connectivity index (χ2n) is 20.6. The fourth-order valence-electron chi connectivity index (χ4n) is 12.3. The molecule has 0 bridgehead atoms. The second-order valence-corrected chi connectivity index (χ2v) is 20.6. The molecule has 12 aromatic rings. The molecule has 0 saturated carbocycles. The van der Waals surface area contributed by atoms with Gasteiger partial charge in [0.05, 0.1) is 28.1 Å². The number of rotatable bonds is 8. The van der Waals surface area contributed by atoms with Crippen LogP contribution in [0.25, 0.3) is 71.3 Å². The zero-order chi connectivity index (χ0) is 47.6. The standard InChI is InChI=1S/C68H51N3/c1-67(2)58-28-17-29-59-66(58)71-64-56(40-48(42-60(64)67)44-32-36-52(37-33-44)69(50-22-7-5-8-23-50)62-30-15-20-46-18-11-13-26-54(46)62)57-41-49(43-61(65(57)71)68(59,3)4)45-34-38-53(39-35-45)70(51-24-9-6-10-25-51)63-31-16-21-47-19-12-14-27-55(47)63/h5-43H,1-4H3. The van der Waals surface area contributed by atoms with Gasteiger partial charge in [0.25, 0.3) is 0 Å². The molecule has 14 rings (SSSR count). The van der Waals surface area contributed by atoms with Crippen molar-refractivity contribution in [2.45, 2.75) is 38.5 Å². The van der Waals surface area contributed by atoms with E-state index in [-0.39, 0.29) is 10.8 Å². The Labute approximate surface area is 415 Å². The third-order valence-corrected chi connectivity index (χ3v) is 15.9. The van der Waals surface area contributed by atoms with Crippen molar-refractivity contribution >= 4 is 77.5 Å². The van der Waals surface area contributed by atoms with Gasteiger partial charge in [0.2, 0.25) is 0 Å². The van der Waals surface area contributed by atoms with Crippen LogP contribution in [0, 0.1) is 0 Å². The highest BCUT2D eigenvalue weighted by Crippen LogP contribution is 2.57. The molecule has 11 aromatic carbocycles. The molecule has 0 fully saturated rings. The third-order valence-electron chi connectivity index (χ3n) is 15.9. The fourth-order valence-corrected chi connectivity index (χ4v) is 12.3. The van der Waals surface area contributed by atoms with Crippen molar-refractivity contribution in [2.24, 2.45) is 0 Å². The molecule has 3 nitrogen and oxygen atoms in total. The highest BCUT2D eigenvalue weighted by Gasteiger charge is 2.43. The summed E-state index contributed by atoms with van der Waals surface area (Å²) in [6.45, 7) is 9.72. The second kappa shape index (κ2) is 15.4. The summed E-state index contributed by atoms with van der Waals surface area (Å²) in [4.78, 5) is 4.78. The van der Waals surface area contributed by atoms with Crippen molar-refractivity contribution in [1.29, 1.82) is 0 Å². The van der Waals surface area contributed by atoms with Crippen LogP contribution < -0.4 is 9.80 Å². The maximum Gasteiger partial charge on any atom is 0.0582 e. The zero-order valence-corrected chi connectivity index (χ0v) is 40.4. The molecule has 1 aromatic heterocycles. The molecule has 0 saturated heterocycles. The number of anilines is 6. The molecule has 71 heavy (non-hydrogen) atoms. The van der Waals surface area contributed by atoms with E-state index in [1.807, 2.05) is 0 Å². The summed E-state index contributed by atoms with van der Waals surface area (Å²) in [6.07, 6.45) is 0. The van der Waals surface area contributed by atoms with Crippen molar-refractivity contribution in [2.75, 3.05) is 9.80 Å². The van der Waals surface area contributed by atoms with Gasteiger partial charge in [-0.15, -0.1) is 0 Å². The molecule has 2 aliphatic heterocycles. The highest BCUT2D eigenvalue weighted by atomic mass is 15.1. The van der Waals surface area contributed by atoms with Crippen LogP contribution in [0.2, 0.25) is 0 Å². The lowest BCUT2D eigenvalue weighted by atomic mass is 9.68. The minimum Gasteiger partial charge on any atom is -0.310 e. The lowest BCUT2D eigenvalue weighted by Crippen LogP contribution is -2.33. The monoisotopic (exact) mass is 909 g/mol. The number of aromatic nitrogens is 1. The minimum atomic E-state index is -0.233.